The summed E-state index contributed by atoms with van der Waals surface area (Å²) in [5, 5.41) is 11.2. The molecule has 0 bridgehead atoms. The zero-order valence-electron chi connectivity index (χ0n) is 16.0. The second-order valence-corrected chi connectivity index (χ2v) is 6.39. The Morgan fingerprint density at radius 1 is 1.04 bits per heavy atom. The van der Waals surface area contributed by atoms with E-state index < -0.39 is 12.6 Å². The first-order valence-electron chi connectivity index (χ1n) is 8.88. The van der Waals surface area contributed by atoms with Gasteiger partial charge in [-0.05, 0) is 43.2 Å². The highest BCUT2D eigenvalue weighted by Gasteiger charge is 2.12. The molecule has 2 aromatic rings. The van der Waals surface area contributed by atoms with Gasteiger partial charge in [0.15, 0.2) is 6.61 Å². The average Bonchev–Trinajstić information content (AvgIpc) is 2.69. The summed E-state index contributed by atoms with van der Waals surface area (Å²) >= 11 is 0. The van der Waals surface area contributed by atoms with Gasteiger partial charge in [0.05, 0.1) is 6.54 Å². The third kappa shape index (κ3) is 6.75. The van der Waals surface area contributed by atoms with E-state index in [9.17, 15) is 14.4 Å². The van der Waals surface area contributed by atoms with Gasteiger partial charge in [-0.15, -0.1) is 0 Å². The maximum atomic E-state index is 12.3. The van der Waals surface area contributed by atoms with Crippen LogP contribution in [-0.2, 0) is 20.8 Å². The molecule has 7 heteroatoms. The third-order valence-corrected chi connectivity index (χ3v) is 4.16. The van der Waals surface area contributed by atoms with Crippen LogP contribution in [0.2, 0.25) is 0 Å². The van der Waals surface area contributed by atoms with Gasteiger partial charge in [0.25, 0.3) is 0 Å². The highest BCUT2D eigenvalue weighted by molar-refractivity contribution is 5.96. The van der Waals surface area contributed by atoms with Gasteiger partial charge in [0.2, 0.25) is 11.8 Å². The molecule has 0 heterocycles. The zero-order valence-corrected chi connectivity index (χ0v) is 16.0. The van der Waals surface area contributed by atoms with Crippen molar-refractivity contribution in [3.63, 3.8) is 0 Å². The maximum absolute atomic E-state index is 12.3. The first-order chi connectivity index (χ1) is 13.3. The van der Waals surface area contributed by atoms with E-state index in [0.29, 0.717) is 24.3 Å². The summed E-state index contributed by atoms with van der Waals surface area (Å²) < 4.78 is 5.05. The number of rotatable bonds is 9. The number of aliphatic carboxylic acids is 1. The maximum Gasteiger partial charge on any atom is 0.341 e. The van der Waals surface area contributed by atoms with Gasteiger partial charge >= 0.3 is 5.97 Å². The molecule has 0 radical (unpaired) electrons. The number of anilines is 1. The number of carboxylic acids is 1. The topological polar surface area (TPSA) is 95.9 Å². The summed E-state index contributed by atoms with van der Waals surface area (Å²) in [6, 6.07) is 14.5. The van der Waals surface area contributed by atoms with E-state index in [1.165, 1.54) is 10.5 Å². The second kappa shape index (κ2) is 10.1. The fourth-order valence-electron chi connectivity index (χ4n) is 2.45. The summed E-state index contributed by atoms with van der Waals surface area (Å²) in [5.41, 5.74) is 2.86. The number of hydrogen-bond donors (Lipinski definition) is 2. The minimum atomic E-state index is -1.06. The number of hydrogen-bond acceptors (Lipinski definition) is 4. The number of nitrogens with one attached hydrogen (secondary N) is 1. The molecule has 0 saturated heterocycles. The van der Waals surface area contributed by atoms with Crippen molar-refractivity contribution in [1.82, 2.24) is 5.32 Å². The van der Waals surface area contributed by atoms with E-state index >= 15 is 0 Å². The monoisotopic (exact) mass is 384 g/mol. The van der Waals surface area contributed by atoms with E-state index in [0.717, 1.165) is 5.56 Å². The Labute approximate surface area is 163 Å². The molecule has 0 unspecified atom stereocenters. The summed E-state index contributed by atoms with van der Waals surface area (Å²) in [6.07, 6.45) is 0.934. The standard InChI is InChI=1S/C21H24N2O5/c1-15-3-5-16(6-4-15)7-12-19(24)22-13-20(25)23(2)17-8-10-18(11-9-17)28-14-21(26)27/h3-6,8-11H,7,12-14H2,1-2H3,(H,22,24)(H,26,27). The number of likely N-dealkylation sites (N-methyl/N-ethyl adjacent to an activating group) is 1. The quantitative estimate of drug-likeness (QED) is 0.691. The van der Waals surface area contributed by atoms with E-state index in [2.05, 4.69) is 5.32 Å². The smallest absolute Gasteiger partial charge is 0.341 e. The predicted molar refractivity (Wildman–Crippen MR) is 105 cm³/mol. The fourth-order valence-corrected chi connectivity index (χ4v) is 2.45. The summed E-state index contributed by atoms with van der Waals surface area (Å²) in [5.74, 6) is -1.10. The molecule has 148 valence electrons. The molecule has 0 spiro atoms. The van der Waals surface area contributed by atoms with Crippen molar-refractivity contribution in [1.29, 1.82) is 0 Å². The lowest BCUT2D eigenvalue weighted by molar-refractivity contribution is -0.139. The molecular formula is C21H24N2O5. The van der Waals surface area contributed by atoms with Crippen LogP contribution in [0.4, 0.5) is 5.69 Å². The molecule has 0 atom stereocenters. The van der Waals surface area contributed by atoms with Crippen LogP contribution in [0.1, 0.15) is 17.5 Å². The molecule has 7 nitrogen and oxygen atoms in total. The number of aryl methyl sites for hydroxylation is 2. The molecule has 2 rings (SSSR count). The van der Waals surface area contributed by atoms with E-state index in [1.807, 2.05) is 31.2 Å². The Morgan fingerprint density at radius 3 is 2.29 bits per heavy atom. The lowest BCUT2D eigenvalue weighted by Crippen LogP contribution is -2.38. The Balaban J connectivity index is 1.77. The minimum Gasteiger partial charge on any atom is -0.482 e. The molecule has 2 N–H and O–H groups in total. The van der Waals surface area contributed by atoms with Gasteiger partial charge in [-0.2, -0.15) is 0 Å². The predicted octanol–water partition coefficient (Wildman–Crippen LogP) is 2.17. The summed E-state index contributed by atoms with van der Waals surface area (Å²) in [4.78, 5) is 36.1. The van der Waals surface area contributed by atoms with Crippen LogP contribution in [0.15, 0.2) is 48.5 Å². The Morgan fingerprint density at radius 2 is 1.68 bits per heavy atom. The van der Waals surface area contributed by atoms with Crippen LogP contribution in [-0.4, -0.2) is 43.1 Å². The molecule has 0 fully saturated rings. The molecule has 0 saturated carbocycles. The van der Waals surface area contributed by atoms with Gasteiger partial charge in [0, 0.05) is 19.2 Å². The lowest BCUT2D eigenvalue weighted by atomic mass is 10.1. The zero-order chi connectivity index (χ0) is 20.5. The van der Waals surface area contributed by atoms with Gasteiger partial charge in [-0.3, -0.25) is 9.59 Å². The van der Waals surface area contributed by atoms with E-state index in [4.69, 9.17) is 9.84 Å². The van der Waals surface area contributed by atoms with Crippen LogP contribution in [0.3, 0.4) is 0 Å². The first-order valence-corrected chi connectivity index (χ1v) is 8.88. The number of carbonyl (C=O) groups is 3. The molecule has 28 heavy (non-hydrogen) atoms. The summed E-state index contributed by atoms with van der Waals surface area (Å²) in [6.45, 7) is 1.48. The molecule has 0 aliphatic heterocycles. The first kappa shape index (κ1) is 21.0. The molecule has 2 amide bonds. The van der Waals surface area contributed by atoms with Gasteiger partial charge < -0.3 is 20.1 Å². The van der Waals surface area contributed by atoms with Crippen molar-refractivity contribution in [3.8, 4) is 5.75 Å². The van der Waals surface area contributed by atoms with Crippen LogP contribution in [0.25, 0.3) is 0 Å². The normalized spacial score (nSPS) is 10.2. The Kier molecular flexibility index (Phi) is 7.56. The van der Waals surface area contributed by atoms with Crippen molar-refractivity contribution >= 4 is 23.5 Å². The van der Waals surface area contributed by atoms with Gasteiger partial charge in [-0.25, -0.2) is 4.79 Å². The lowest BCUT2D eigenvalue weighted by Gasteiger charge is -2.18. The molecule has 0 aromatic heterocycles. The van der Waals surface area contributed by atoms with Crippen LogP contribution in [0.5, 0.6) is 5.75 Å². The number of ether oxygens (including phenoxy) is 1. The fraction of sp³-hybridized carbons (Fsp3) is 0.286. The minimum absolute atomic E-state index is 0.0967. The molecule has 0 aliphatic carbocycles. The van der Waals surface area contributed by atoms with Crippen molar-refractivity contribution in [2.75, 3.05) is 25.1 Å². The van der Waals surface area contributed by atoms with Crippen molar-refractivity contribution in [2.45, 2.75) is 19.8 Å². The molecular weight excluding hydrogens is 360 g/mol. The second-order valence-electron chi connectivity index (χ2n) is 6.39. The Hall–Kier alpha value is -3.35. The highest BCUT2D eigenvalue weighted by Crippen LogP contribution is 2.18. The number of benzene rings is 2. The largest absolute Gasteiger partial charge is 0.482 e. The van der Waals surface area contributed by atoms with Gasteiger partial charge in [-0.1, -0.05) is 29.8 Å². The third-order valence-electron chi connectivity index (χ3n) is 4.16. The highest BCUT2D eigenvalue weighted by atomic mass is 16.5. The number of nitrogens with zero attached hydrogens (tertiary/aromatic N) is 1. The number of amides is 2. The van der Waals surface area contributed by atoms with Crippen LogP contribution >= 0.6 is 0 Å². The van der Waals surface area contributed by atoms with Crippen molar-refractivity contribution < 1.29 is 24.2 Å². The van der Waals surface area contributed by atoms with E-state index in [1.54, 1.807) is 31.3 Å². The summed E-state index contributed by atoms with van der Waals surface area (Å²) in [7, 11) is 1.61. The number of carbonyl (C=O) groups excluding carboxylic acids is 2. The van der Waals surface area contributed by atoms with Crippen LogP contribution < -0.4 is 15.0 Å². The number of carboxylic acid groups (broad SMARTS) is 1. The molecule has 0 aliphatic rings. The molecule has 2 aromatic carbocycles. The van der Waals surface area contributed by atoms with Crippen LogP contribution in [0, 0.1) is 6.92 Å². The van der Waals surface area contributed by atoms with Crippen molar-refractivity contribution in [2.24, 2.45) is 0 Å². The SMILES string of the molecule is Cc1ccc(CCC(=O)NCC(=O)N(C)c2ccc(OCC(=O)O)cc2)cc1. The van der Waals surface area contributed by atoms with E-state index in [-0.39, 0.29) is 18.4 Å². The Bertz CT molecular complexity index is 816. The average molecular weight is 384 g/mol. The van der Waals surface area contributed by atoms with Crippen molar-refractivity contribution in [3.05, 3.63) is 59.7 Å². The van der Waals surface area contributed by atoms with Gasteiger partial charge in [0.1, 0.15) is 5.75 Å².